The van der Waals surface area contributed by atoms with E-state index >= 15 is 0 Å². The van der Waals surface area contributed by atoms with Crippen molar-refractivity contribution < 1.29 is 29.3 Å². The lowest BCUT2D eigenvalue weighted by molar-refractivity contribution is -0.914. The van der Waals surface area contributed by atoms with Crippen LogP contribution >= 0.6 is 0 Å². The maximum Gasteiger partial charge on any atom is 0.296 e. The van der Waals surface area contributed by atoms with Crippen molar-refractivity contribution in [3.63, 3.8) is 0 Å². The number of hydrogen-bond donors (Lipinski definition) is 2. The number of benzene rings is 1. The van der Waals surface area contributed by atoms with Gasteiger partial charge in [0.15, 0.2) is 0 Å². The Hall–Kier alpha value is -2.68. The first-order valence-corrected chi connectivity index (χ1v) is 8.10. The second-order valence-corrected chi connectivity index (χ2v) is 5.36. The van der Waals surface area contributed by atoms with E-state index in [0.717, 1.165) is 0 Å². The van der Waals surface area contributed by atoms with Gasteiger partial charge in [-0.15, -0.1) is 0 Å². The van der Waals surface area contributed by atoms with Crippen LogP contribution in [-0.2, 0) is 9.59 Å². The van der Waals surface area contributed by atoms with Crippen molar-refractivity contribution in [2.45, 2.75) is 33.2 Å². The number of nitro groups is 1. The summed E-state index contributed by atoms with van der Waals surface area (Å²) in [4.78, 5) is 34.7. The number of rotatable bonds is 10. The summed E-state index contributed by atoms with van der Waals surface area (Å²) in [6.07, 6.45) is -0.330. The van der Waals surface area contributed by atoms with Gasteiger partial charge in [0, 0.05) is 0 Å². The predicted octanol–water partition coefficient (Wildman–Crippen LogP) is -0.635. The highest BCUT2D eigenvalue weighted by molar-refractivity contribution is 5.95. The van der Waals surface area contributed by atoms with Crippen molar-refractivity contribution in [3.8, 4) is 5.75 Å². The van der Waals surface area contributed by atoms with Gasteiger partial charge in [-0.25, -0.2) is 0 Å². The topological polar surface area (TPSA) is 126 Å². The molecule has 0 saturated carbocycles. The zero-order valence-corrected chi connectivity index (χ0v) is 14.5. The lowest BCUT2D eigenvalue weighted by Crippen LogP contribution is -3.17. The van der Waals surface area contributed by atoms with Crippen LogP contribution in [0.1, 0.15) is 27.2 Å². The maximum atomic E-state index is 12.2. The molecule has 1 amide bonds. The number of nitrogens with one attached hydrogen (secondary N) is 2. The summed E-state index contributed by atoms with van der Waals surface area (Å²) in [5.74, 6) is -1.64. The maximum absolute atomic E-state index is 12.2. The van der Waals surface area contributed by atoms with Crippen LogP contribution in [0.15, 0.2) is 18.2 Å². The number of carboxylic acids is 1. The average molecular weight is 353 g/mol. The number of ether oxygens (including phenoxy) is 1. The minimum absolute atomic E-state index is 0.00917. The third-order valence-corrected chi connectivity index (χ3v) is 3.83. The van der Waals surface area contributed by atoms with E-state index < -0.39 is 22.8 Å². The van der Waals surface area contributed by atoms with E-state index in [9.17, 15) is 24.8 Å². The first-order chi connectivity index (χ1) is 11.8. The second-order valence-electron chi connectivity index (χ2n) is 5.36. The molecule has 9 nitrogen and oxygen atoms in total. The van der Waals surface area contributed by atoms with Gasteiger partial charge in [0.2, 0.25) is 5.91 Å². The molecule has 0 spiro atoms. The Labute approximate surface area is 145 Å². The fraction of sp³-hybridized carbons (Fsp3) is 0.500. The molecule has 2 N–H and O–H groups in total. The van der Waals surface area contributed by atoms with Crippen LogP contribution in [0, 0.1) is 10.1 Å². The smallest absolute Gasteiger partial charge is 0.296 e. The standard InChI is InChI=1S/C16H23N3O6/c1-4-18(5-2)14(16(21)22)10-15(20)17-12-8-7-11(25-6-3)9-13(12)19(23)24/h7-9,14H,4-6,10H2,1-3H3,(H,17,20)(H,21,22)/t14-/m1/s1. The molecular weight excluding hydrogens is 330 g/mol. The minimum atomic E-state index is -1.32. The van der Waals surface area contributed by atoms with Gasteiger partial charge in [-0.2, -0.15) is 0 Å². The van der Waals surface area contributed by atoms with E-state index in [-0.39, 0.29) is 17.8 Å². The summed E-state index contributed by atoms with van der Waals surface area (Å²) in [6.45, 7) is 6.76. The highest BCUT2D eigenvalue weighted by atomic mass is 16.6. The summed E-state index contributed by atoms with van der Waals surface area (Å²) < 4.78 is 5.21. The molecule has 0 saturated heterocycles. The van der Waals surface area contributed by atoms with Gasteiger partial charge < -0.3 is 24.9 Å². The molecule has 0 unspecified atom stereocenters. The third-order valence-electron chi connectivity index (χ3n) is 3.83. The monoisotopic (exact) mass is 353 g/mol. The van der Waals surface area contributed by atoms with Crippen LogP contribution in [0.25, 0.3) is 0 Å². The Morgan fingerprint density at radius 2 is 1.92 bits per heavy atom. The van der Waals surface area contributed by atoms with Gasteiger partial charge in [-0.1, -0.05) is 0 Å². The lowest BCUT2D eigenvalue weighted by Gasteiger charge is -2.26. The highest BCUT2D eigenvalue weighted by Gasteiger charge is 2.25. The summed E-state index contributed by atoms with van der Waals surface area (Å²) in [6, 6.07) is 3.05. The van der Waals surface area contributed by atoms with Crippen molar-refractivity contribution in [1.82, 2.24) is 0 Å². The zero-order chi connectivity index (χ0) is 19.0. The summed E-state index contributed by atoms with van der Waals surface area (Å²) in [5, 5.41) is 24.9. The molecule has 0 aromatic heterocycles. The molecule has 25 heavy (non-hydrogen) atoms. The van der Waals surface area contributed by atoms with Gasteiger partial charge in [0.05, 0.1) is 43.1 Å². The molecule has 0 aliphatic carbocycles. The number of carboxylic acid groups (broad SMARTS) is 1. The van der Waals surface area contributed by atoms with Gasteiger partial charge in [-0.3, -0.25) is 14.9 Å². The molecule has 0 fully saturated rings. The molecule has 1 aromatic carbocycles. The average Bonchev–Trinajstić information content (AvgIpc) is 2.56. The number of aliphatic carboxylic acids is 1. The van der Waals surface area contributed by atoms with E-state index in [0.29, 0.717) is 30.3 Å². The number of amides is 1. The Balaban J connectivity index is 2.95. The number of quaternary nitrogens is 1. The SMILES string of the molecule is CCOc1ccc(NC(=O)C[C@H](C(=O)[O-])[NH+](CC)CC)c([N+](=O)[O-])c1. The Kier molecular flexibility index (Phi) is 7.80. The van der Waals surface area contributed by atoms with E-state index in [1.807, 2.05) is 13.8 Å². The van der Waals surface area contributed by atoms with E-state index in [1.54, 1.807) is 6.92 Å². The van der Waals surface area contributed by atoms with E-state index in [1.165, 1.54) is 18.2 Å². The highest BCUT2D eigenvalue weighted by Crippen LogP contribution is 2.29. The van der Waals surface area contributed by atoms with Gasteiger partial charge in [0.1, 0.15) is 17.5 Å². The number of carbonyl (C=O) groups excluding carboxylic acids is 2. The van der Waals surface area contributed by atoms with Gasteiger partial charge >= 0.3 is 0 Å². The summed E-state index contributed by atoms with van der Waals surface area (Å²) in [5.41, 5.74) is -0.329. The predicted molar refractivity (Wildman–Crippen MR) is 88.4 cm³/mol. The molecule has 1 rings (SSSR count). The van der Waals surface area contributed by atoms with Gasteiger partial charge in [0.25, 0.3) is 5.69 Å². The van der Waals surface area contributed by atoms with Crippen molar-refractivity contribution in [2.75, 3.05) is 25.0 Å². The van der Waals surface area contributed by atoms with Crippen LogP contribution in [0.3, 0.4) is 0 Å². The molecule has 1 atom stereocenters. The fourth-order valence-electron chi connectivity index (χ4n) is 2.55. The third kappa shape index (κ3) is 5.71. The van der Waals surface area contributed by atoms with Crippen LogP contribution in [0.5, 0.6) is 5.75 Å². The van der Waals surface area contributed by atoms with Crippen LogP contribution in [-0.4, -0.2) is 42.5 Å². The first-order valence-electron chi connectivity index (χ1n) is 8.10. The zero-order valence-electron chi connectivity index (χ0n) is 14.5. The van der Waals surface area contributed by atoms with Crippen molar-refractivity contribution in [1.29, 1.82) is 0 Å². The van der Waals surface area contributed by atoms with E-state index in [2.05, 4.69) is 5.32 Å². The molecule has 0 bridgehead atoms. The summed E-state index contributed by atoms with van der Waals surface area (Å²) in [7, 11) is 0. The largest absolute Gasteiger partial charge is 0.544 e. The molecule has 0 radical (unpaired) electrons. The van der Waals surface area contributed by atoms with Crippen LogP contribution < -0.4 is 20.1 Å². The number of likely N-dealkylation sites (N-methyl/N-ethyl adjacent to an activating group) is 1. The number of carbonyl (C=O) groups is 2. The molecule has 0 heterocycles. The fourth-order valence-corrected chi connectivity index (χ4v) is 2.55. The van der Waals surface area contributed by atoms with Crippen molar-refractivity contribution in [2.24, 2.45) is 0 Å². The molecule has 0 aliphatic heterocycles. The second kappa shape index (κ2) is 9.58. The van der Waals surface area contributed by atoms with Crippen molar-refractivity contribution in [3.05, 3.63) is 28.3 Å². The Morgan fingerprint density at radius 3 is 2.40 bits per heavy atom. The van der Waals surface area contributed by atoms with E-state index in [4.69, 9.17) is 4.74 Å². The Morgan fingerprint density at radius 1 is 1.28 bits per heavy atom. The molecule has 0 aliphatic rings. The Bertz CT molecular complexity index is 630. The number of nitro benzene ring substituents is 1. The van der Waals surface area contributed by atoms with Crippen molar-refractivity contribution >= 4 is 23.3 Å². The molecular formula is C16H23N3O6. The number of hydrogen-bond acceptors (Lipinski definition) is 6. The molecule has 9 heteroatoms. The quantitative estimate of drug-likeness (QED) is 0.426. The first kappa shape index (κ1) is 20.4. The van der Waals surface area contributed by atoms with Crippen LogP contribution in [0.4, 0.5) is 11.4 Å². The number of nitrogens with zero attached hydrogens (tertiary/aromatic N) is 1. The summed E-state index contributed by atoms with van der Waals surface area (Å²) >= 11 is 0. The minimum Gasteiger partial charge on any atom is -0.544 e. The normalized spacial score (nSPS) is 11.8. The lowest BCUT2D eigenvalue weighted by atomic mass is 10.1. The molecule has 138 valence electrons. The molecule has 1 aromatic rings. The van der Waals surface area contributed by atoms with Gasteiger partial charge in [-0.05, 0) is 32.9 Å². The van der Waals surface area contributed by atoms with Crippen LogP contribution in [0.2, 0.25) is 0 Å². The number of anilines is 1.